The fourth-order valence-corrected chi connectivity index (χ4v) is 1.75. The molecule has 0 saturated heterocycles. The van der Waals surface area contributed by atoms with Crippen LogP contribution in [-0.4, -0.2) is 5.91 Å². The molecule has 92 valence electrons. The fraction of sp³-hybridized carbons (Fsp3) is 0.417. The summed E-state index contributed by atoms with van der Waals surface area (Å²) >= 11 is 0. The first kappa shape index (κ1) is 12.0. The summed E-state index contributed by atoms with van der Waals surface area (Å²) in [7, 11) is 0. The van der Waals surface area contributed by atoms with Crippen LogP contribution in [0.2, 0.25) is 0 Å². The fourth-order valence-electron chi connectivity index (χ4n) is 1.75. The van der Waals surface area contributed by atoms with Crippen molar-refractivity contribution in [1.29, 1.82) is 0 Å². The van der Waals surface area contributed by atoms with E-state index in [0.29, 0.717) is 0 Å². The number of alkyl halides is 3. The second-order valence-corrected chi connectivity index (χ2v) is 4.35. The standard InChI is InChI=1S/C12H12F3NO/c1-7-6-8(7)11(17)16-10-5-3-2-4-9(10)12(13,14)15/h2-5,7-8H,6H2,1H3,(H,16,17). The molecule has 1 fully saturated rings. The van der Waals surface area contributed by atoms with Gasteiger partial charge in [-0.3, -0.25) is 4.79 Å². The lowest BCUT2D eigenvalue weighted by Crippen LogP contribution is -2.18. The first-order valence-corrected chi connectivity index (χ1v) is 5.36. The van der Waals surface area contributed by atoms with E-state index in [9.17, 15) is 18.0 Å². The molecule has 2 rings (SSSR count). The second kappa shape index (κ2) is 4.05. The Hall–Kier alpha value is -1.52. The van der Waals surface area contributed by atoms with Crippen molar-refractivity contribution in [3.05, 3.63) is 29.8 Å². The molecular weight excluding hydrogens is 231 g/mol. The molecule has 17 heavy (non-hydrogen) atoms. The maximum absolute atomic E-state index is 12.6. The summed E-state index contributed by atoms with van der Waals surface area (Å²) in [6, 6.07) is 5.01. The van der Waals surface area contributed by atoms with Gasteiger partial charge >= 0.3 is 6.18 Å². The summed E-state index contributed by atoms with van der Waals surface area (Å²) in [5.41, 5.74) is -0.967. The maximum atomic E-state index is 12.6. The lowest BCUT2D eigenvalue weighted by atomic mass is 10.1. The minimum Gasteiger partial charge on any atom is -0.325 e. The molecule has 1 aromatic rings. The first-order chi connectivity index (χ1) is 7.89. The van der Waals surface area contributed by atoms with Crippen molar-refractivity contribution in [3.8, 4) is 0 Å². The number of carbonyl (C=O) groups excluding carboxylic acids is 1. The van der Waals surface area contributed by atoms with Gasteiger partial charge in [-0.2, -0.15) is 13.2 Å². The van der Waals surface area contributed by atoms with E-state index in [1.54, 1.807) is 0 Å². The van der Waals surface area contributed by atoms with Crippen molar-refractivity contribution in [3.63, 3.8) is 0 Å². The van der Waals surface area contributed by atoms with Gasteiger partial charge in [0, 0.05) is 5.92 Å². The Morgan fingerprint density at radius 1 is 1.35 bits per heavy atom. The van der Waals surface area contributed by atoms with Crippen LogP contribution >= 0.6 is 0 Å². The van der Waals surface area contributed by atoms with Gasteiger partial charge in [0.2, 0.25) is 5.91 Å². The van der Waals surface area contributed by atoms with Crippen molar-refractivity contribution in [2.75, 3.05) is 5.32 Å². The van der Waals surface area contributed by atoms with Crippen molar-refractivity contribution in [1.82, 2.24) is 0 Å². The number of amides is 1. The summed E-state index contributed by atoms with van der Waals surface area (Å²) in [4.78, 5) is 11.6. The van der Waals surface area contributed by atoms with Crippen LogP contribution in [0.25, 0.3) is 0 Å². The van der Waals surface area contributed by atoms with E-state index in [1.165, 1.54) is 18.2 Å². The van der Waals surface area contributed by atoms with Gasteiger partial charge in [-0.25, -0.2) is 0 Å². The average molecular weight is 243 g/mol. The Balaban J connectivity index is 2.18. The van der Waals surface area contributed by atoms with Crippen molar-refractivity contribution < 1.29 is 18.0 Å². The first-order valence-electron chi connectivity index (χ1n) is 5.36. The Labute approximate surface area is 96.8 Å². The van der Waals surface area contributed by atoms with Gasteiger partial charge in [-0.1, -0.05) is 19.1 Å². The van der Waals surface area contributed by atoms with E-state index in [4.69, 9.17) is 0 Å². The van der Waals surface area contributed by atoms with E-state index in [2.05, 4.69) is 5.32 Å². The smallest absolute Gasteiger partial charge is 0.325 e. The number of carbonyl (C=O) groups is 1. The van der Waals surface area contributed by atoms with Crippen LogP contribution in [0.1, 0.15) is 18.9 Å². The topological polar surface area (TPSA) is 29.1 Å². The number of para-hydroxylation sites is 1. The van der Waals surface area contributed by atoms with Crippen molar-refractivity contribution in [2.45, 2.75) is 19.5 Å². The summed E-state index contributed by atoms with van der Waals surface area (Å²) in [6.07, 6.45) is -3.70. The molecule has 0 bridgehead atoms. The molecule has 0 spiro atoms. The van der Waals surface area contributed by atoms with Gasteiger partial charge in [0.25, 0.3) is 0 Å². The maximum Gasteiger partial charge on any atom is 0.418 e. The molecule has 1 saturated carbocycles. The molecule has 1 amide bonds. The van der Waals surface area contributed by atoms with Gasteiger partial charge in [-0.05, 0) is 24.5 Å². The van der Waals surface area contributed by atoms with Gasteiger partial charge in [0.15, 0.2) is 0 Å². The Morgan fingerprint density at radius 2 is 1.94 bits per heavy atom. The van der Waals surface area contributed by atoms with Crippen LogP contribution in [0.15, 0.2) is 24.3 Å². The highest BCUT2D eigenvalue weighted by molar-refractivity contribution is 5.95. The zero-order valence-corrected chi connectivity index (χ0v) is 9.21. The zero-order chi connectivity index (χ0) is 12.6. The number of rotatable bonds is 2. The number of nitrogens with one attached hydrogen (secondary N) is 1. The van der Waals surface area contributed by atoms with Crippen LogP contribution in [0.5, 0.6) is 0 Å². The quantitative estimate of drug-likeness (QED) is 0.848. The molecule has 1 aliphatic carbocycles. The van der Waals surface area contributed by atoms with Gasteiger partial charge in [0.05, 0.1) is 11.3 Å². The monoisotopic (exact) mass is 243 g/mol. The molecule has 0 aliphatic heterocycles. The number of hydrogen-bond donors (Lipinski definition) is 1. The highest BCUT2D eigenvalue weighted by atomic mass is 19.4. The Kier molecular flexibility index (Phi) is 2.85. The predicted molar refractivity (Wildman–Crippen MR) is 57.3 cm³/mol. The van der Waals surface area contributed by atoms with Crippen molar-refractivity contribution in [2.24, 2.45) is 11.8 Å². The number of anilines is 1. The molecule has 1 aromatic carbocycles. The average Bonchev–Trinajstić information content (AvgIpc) is 2.95. The molecule has 2 nitrogen and oxygen atoms in total. The van der Waals surface area contributed by atoms with Crippen LogP contribution in [0.4, 0.5) is 18.9 Å². The molecule has 0 heterocycles. The number of benzene rings is 1. The Bertz CT molecular complexity index is 442. The summed E-state index contributed by atoms with van der Waals surface area (Å²) in [6.45, 7) is 1.90. The summed E-state index contributed by atoms with van der Waals surface area (Å²) in [5, 5.41) is 2.35. The van der Waals surface area contributed by atoms with E-state index in [0.717, 1.165) is 12.5 Å². The van der Waals surface area contributed by atoms with Crippen LogP contribution < -0.4 is 5.32 Å². The van der Waals surface area contributed by atoms with Crippen LogP contribution in [0, 0.1) is 11.8 Å². The van der Waals surface area contributed by atoms with E-state index >= 15 is 0 Å². The second-order valence-electron chi connectivity index (χ2n) is 4.35. The lowest BCUT2D eigenvalue weighted by molar-refractivity contribution is -0.137. The van der Waals surface area contributed by atoms with Crippen LogP contribution in [-0.2, 0) is 11.0 Å². The SMILES string of the molecule is CC1CC1C(=O)Nc1ccccc1C(F)(F)F. The minimum absolute atomic E-state index is 0.142. The molecular formula is C12H12F3NO. The number of hydrogen-bond acceptors (Lipinski definition) is 1. The van der Waals surface area contributed by atoms with Gasteiger partial charge in [-0.15, -0.1) is 0 Å². The molecule has 0 radical (unpaired) electrons. The van der Waals surface area contributed by atoms with Crippen molar-refractivity contribution >= 4 is 11.6 Å². The van der Waals surface area contributed by atoms with E-state index < -0.39 is 11.7 Å². The molecule has 2 atom stereocenters. The minimum atomic E-state index is -4.45. The molecule has 2 unspecified atom stereocenters. The van der Waals surface area contributed by atoms with E-state index in [-0.39, 0.29) is 23.4 Å². The molecule has 1 aliphatic rings. The lowest BCUT2D eigenvalue weighted by Gasteiger charge is -2.13. The third-order valence-corrected chi connectivity index (χ3v) is 2.94. The normalized spacial score (nSPS) is 23.3. The highest BCUT2D eigenvalue weighted by Gasteiger charge is 2.40. The van der Waals surface area contributed by atoms with Gasteiger partial charge in [0.1, 0.15) is 0 Å². The van der Waals surface area contributed by atoms with E-state index in [1.807, 2.05) is 6.92 Å². The van der Waals surface area contributed by atoms with Crippen LogP contribution in [0.3, 0.4) is 0 Å². The highest BCUT2D eigenvalue weighted by Crippen LogP contribution is 2.40. The third kappa shape index (κ3) is 2.60. The summed E-state index contributed by atoms with van der Waals surface area (Å²) < 4.78 is 37.9. The number of halogens is 3. The Morgan fingerprint density at radius 3 is 2.47 bits per heavy atom. The predicted octanol–water partition coefficient (Wildman–Crippen LogP) is 3.30. The van der Waals surface area contributed by atoms with Gasteiger partial charge < -0.3 is 5.32 Å². The largest absolute Gasteiger partial charge is 0.418 e. The zero-order valence-electron chi connectivity index (χ0n) is 9.21. The third-order valence-electron chi connectivity index (χ3n) is 2.94. The molecule has 1 N–H and O–H groups in total. The molecule has 0 aromatic heterocycles. The molecule has 5 heteroatoms. The summed E-state index contributed by atoms with van der Waals surface area (Å²) in [5.74, 6) is -0.196.